The molecule has 104 valence electrons. The molecule has 0 aliphatic heterocycles. The lowest BCUT2D eigenvalue weighted by atomic mass is 10.1. The first kappa shape index (κ1) is 13.4. The Labute approximate surface area is 124 Å². The van der Waals surface area contributed by atoms with Crippen molar-refractivity contribution in [3.8, 4) is 17.5 Å². The molecule has 0 aliphatic rings. The fraction of sp³-hybridized carbons (Fsp3) is 0.222. The molecule has 0 aliphatic carbocycles. The molecule has 3 heteroatoms. The van der Waals surface area contributed by atoms with E-state index in [0.717, 1.165) is 29.0 Å². The molecule has 0 amide bonds. The highest BCUT2D eigenvalue weighted by atomic mass is 15.1. The molecule has 0 saturated heterocycles. The van der Waals surface area contributed by atoms with Gasteiger partial charge in [-0.25, -0.2) is 4.98 Å². The molecule has 2 aromatic carbocycles. The summed E-state index contributed by atoms with van der Waals surface area (Å²) in [6, 6.07) is 14.3. The van der Waals surface area contributed by atoms with Gasteiger partial charge in [-0.1, -0.05) is 12.1 Å². The lowest BCUT2D eigenvalue weighted by molar-refractivity contribution is 0.796. The number of rotatable bonds is 2. The number of aryl methyl sites for hydroxylation is 3. The van der Waals surface area contributed by atoms with Crippen LogP contribution < -0.4 is 0 Å². The summed E-state index contributed by atoms with van der Waals surface area (Å²) in [6.45, 7) is 7.20. The van der Waals surface area contributed by atoms with E-state index in [1.807, 2.05) is 18.2 Å². The van der Waals surface area contributed by atoms with Crippen molar-refractivity contribution in [1.29, 1.82) is 5.26 Å². The van der Waals surface area contributed by atoms with Crippen molar-refractivity contribution >= 4 is 11.0 Å². The predicted octanol–water partition coefficient (Wildman–Crippen LogP) is 4.21. The minimum atomic E-state index is 0.648. The van der Waals surface area contributed by atoms with Crippen LogP contribution in [0.4, 0.5) is 0 Å². The molecule has 0 bridgehead atoms. The van der Waals surface area contributed by atoms with Crippen molar-refractivity contribution in [3.63, 3.8) is 0 Å². The number of aromatic nitrogens is 2. The van der Waals surface area contributed by atoms with Crippen LogP contribution >= 0.6 is 0 Å². The minimum Gasteiger partial charge on any atom is -0.324 e. The summed E-state index contributed by atoms with van der Waals surface area (Å²) < 4.78 is 2.20. The molecule has 0 N–H and O–H groups in total. The summed E-state index contributed by atoms with van der Waals surface area (Å²) in [6.07, 6.45) is 0. The summed E-state index contributed by atoms with van der Waals surface area (Å²) >= 11 is 0. The summed E-state index contributed by atoms with van der Waals surface area (Å²) in [7, 11) is 0. The fourth-order valence-corrected chi connectivity index (χ4v) is 2.62. The van der Waals surface area contributed by atoms with E-state index >= 15 is 0 Å². The van der Waals surface area contributed by atoms with Crippen molar-refractivity contribution < 1.29 is 0 Å². The average Bonchev–Trinajstić information content (AvgIpc) is 2.87. The number of hydrogen-bond donors (Lipinski definition) is 0. The molecule has 1 aromatic heterocycles. The molecule has 0 fully saturated rings. The lowest BCUT2D eigenvalue weighted by Gasteiger charge is -2.08. The normalized spacial score (nSPS) is 10.8. The molecule has 0 spiro atoms. The topological polar surface area (TPSA) is 41.6 Å². The minimum absolute atomic E-state index is 0.648. The third-order valence-corrected chi connectivity index (χ3v) is 3.96. The van der Waals surface area contributed by atoms with Crippen LogP contribution in [0.2, 0.25) is 0 Å². The Morgan fingerprint density at radius 3 is 2.57 bits per heavy atom. The first-order chi connectivity index (χ1) is 10.1. The number of fused-ring (bicyclic) bond motifs is 1. The van der Waals surface area contributed by atoms with Gasteiger partial charge in [0.25, 0.3) is 0 Å². The molecule has 3 nitrogen and oxygen atoms in total. The molecule has 0 atom stereocenters. The molecule has 1 heterocycles. The third kappa shape index (κ3) is 2.19. The van der Waals surface area contributed by atoms with Crippen LogP contribution in [0, 0.1) is 25.2 Å². The van der Waals surface area contributed by atoms with Crippen molar-refractivity contribution in [3.05, 3.63) is 53.1 Å². The van der Waals surface area contributed by atoms with E-state index < -0.39 is 0 Å². The van der Waals surface area contributed by atoms with Gasteiger partial charge in [0.15, 0.2) is 0 Å². The van der Waals surface area contributed by atoms with Gasteiger partial charge in [0.2, 0.25) is 0 Å². The van der Waals surface area contributed by atoms with Gasteiger partial charge in [-0.15, -0.1) is 0 Å². The first-order valence-corrected chi connectivity index (χ1v) is 7.12. The van der Waals surface area contributed by atoms with Crippen molar-refractivity contribution in [2.75, 3.05) is 0 Å². The number of nitrogens with zero attached hydrogens (tertiary/aromatic N) is 3. The van der Waals surface area contributed by atoms with E-state index in [4.69, 9.17) is 10.2 Å². The predicted molar refractivity (Wildman–Crippen MR) is 85.0 cm³/mol. The Kier molecular flexibility index (Phi) is 3.23. The molecule has 3 rings (SSSR count). The highest BCUT2D eigenvalue weighted by Crippen LogP contribution is 2.26. The van der Waals surface area contributed by atoms with Gasteiger partial charge >= 0.3 is 0 Å². The Balaban J connectivity index is 2.26. The second kappa shape index (κ2) is 5.06. The van der Waals surface area contributed by atoms with Gasteiger partial charge in [0, 0.05) is 12.1 Å². The molecule has 0 radical (unpaired) electrons. The second-order valence-electron chi connectivity index (χ2n) is 5.29. The first-order valence-electron chi connectivity index (χ1n) is 7.12. The maximum absolute atomic E-state index is 9.03. The molecular weight excluding hydrogens is 258 g/mol. The number of nitriles is 1. The number of hydrogen-bond acceptors (Lipinski definition) is 2. The van der Waals surface area contributed by atoms with Gasteiger partial charge in [-0.3, -0.25) is 0 Å². The van der Waals surface area contributed by atoms with Crippen LogP contribution in [0.15, 0.2) is 36.4 Å². The van der Waals surface area contributed by atoms with Gasteiger partial charge < -0.3 is 4.57 Å². The quantitative estimate of drug-likeness (QED) is 0.703. The zero-order valence-corrected chi connectivity index (χ0v) is 12.5. The number of benzene rings is 2. The van der Waals surface area contributed by atoms with E-state index in [9.17, 15) is 0 Å². The Morgan fingerprint density at radius 2 is 1.90 bits per heavy atom. The van der Waals surface area contributed by atoms with Crippen LogP contribution in [0.3, 0.4) is 0 Å². The molecule has 0 saturated carbocycles. The summed E-state index contributed by atoms with van der Waals surface area (Å²) in [5.74, 6) is 0.964. The van der Waals surface area contributed by atoms with Crippen LogP contribution in [0.5, 0.6) is 0 Å². The van der Waals surface area contributed by atoms with Crippen molar-refractivity contribution in [2.24, 2.45) is 0 Å². The summed E-state index contributed by atoms with van der Waals surface area (Å²) in [5.41, 5.74) is 6.27. The summed E-state index contributed by atoms with van der Waals surface area (Å²) in [4.78, 5) is 4.74. The second-order valence-corrected chi connectivity index (χ2v) is 5.29. The molecular formula is C18H17N3. The zero-order valence-electron chi connectivity index (χ0n) is 12.5. The Bertz CT molecular complexity index is 866. The van der Waals surface area contributed by atoms with Crippen LogP contribution in [0.25, 0.3) is 22.4 Å². The monoisotopic (exact) mass is 275 g/mol. The largest absolute Gasteiger partial charge is 0.324 e. The van der Waals surface area contributed by atoms with Gasteiger partial charge in [-0.2, -0.15) is 5.26 Å². The van der Waals surface area contributed by atoms with Crippen molar-refractivity contribution in [1.82, 2.24) is 9.55 Å². The zero-order chi connectivity index (χ0) is 15.0. The maximum Gasteiger partial charge on any atom is 0.141 e. The maximum atomic E-state index is 9.03. The van der Waals surface area contributed by atoms with E-state index in [1.54, 1.807) is 0 Å². The van der Waals surface area contributed by atoms with E-state index in [0.29, 0.717) is 5.56 Å². The Hall–Kier alpha value is -2.60. The average molecular weight is 275 g/mol. The SMILES string of the molecule is CCn1c(-c2ccc(C)c(C)c2)nc2cc(C#N)ccc21. The summed E-state index contributed by atoms with van der Waals surface area (Å²) in [5, 5.41) is 9.03. The highest BCUT2D eigenvalue weighted by Gasteiger charge is 2.12. The van der Waals surface area contributed by atoms with Gasteiger partial charge in [-0.05, 0) is 56.2 Å². The van der Waals surface area contributed by atoms with Crippen LogP contribution in [-0.2, 0) is 6.54 Å². The third-order valence-electron chi connectivity index (χ3n) is 3.96. The molecule has 0 unspecified atom stereocenters. The standard InChI is InChI=1S/C18H17N3/c1-4-21-17-8-6-14(11-19)10-16(17)20-18(21)15-7-5-12(2)13(3)9-15/h5-10H,4H2,1-3H3. The van der Waals surface area contributed by atoms with Crippen LogP contribution in [0.1, 0.15) is 23.6 Å². The van der Waals surface area contributed by atoms with E-state index in [2.05, 4.69) is 49.6 Å². The molecule has 3 aromatic rings. The van der Waals surface area contributed by atoms with Gasteiger partial charge in [0.1, 0.15) is 5.82 Å². The van der Waals surface area contributed by atoms with E-state index in [-0.39, 0.29) is 0 Å². The smallest absolute Gasteiger partial charge is 0.141 e. The molecule has 21 heavy (non-hydrogen) atoms. The lowest BCUT2D eigenvalue weighted by Crippen LogP contribution is -1.98. The van der Waals surface area contributed by atoms with Crippen molar-refractivity contribution in [2.45, 2.75) is 27.3 Å². The Morgan fingerprint density at radius 1 is 1.10 bits per heavy atom. The van der Waals surface area contributed by atoms with E-state index in [1.165, 1.54) is 11.1 Å². The van der Waals surface area contributed by atoms with Gasteiger partial charge in [0.05, 0.1) is 22.7 Å². The number of imidazole rings is 1. The van der Waals surface area contributed by atoms with Crippen LogP contribution in [-0.4, -0.2) is 9.55 Å². The fourth-order valence-electron chi connectivity index (χ4n) is 2.62. The highest BCUT2D eigenvalue weighted by molar-refractivity contribution is 5.82.